The van der Waals surface area contributed by atoms with Gasteiger partial charge in [-0.1, -0.05) is 25.1 Å². The monoisotopic (exact) mass is 488 g/mol. The van der Waals surface area contributed by atoms with E-state index in [2.05, 4.69) is 23.7 Å². The molecule has 3 heterocycles. The summed E-state index contributed by atoms with van der Waals surface area (Å²) < 4.78 is 13.1. The third kappa shape index (κ3) is 5.18. The number of carbonyl (C=O) groups excluding carboxylic acids is 1. The summed E-state index contributed by atoms with van der Waals surface area (Å²) in [5.74, 6) is 0.635. The number of nitrogens with zero attached hydrogens (tertiary/aromatic N) is 4. The second-order valence-electron chi connectivity index (χ2n) is 8.45. The highest BCUT2D eigenvalue weighted by Crippen LogP contribution is 2.35. The van der Waals surface area contributed by atoms with Crippen LogP contribution in [0.2, 0.25) is 0 Å². The largest absolute Gasteiger partial charge is 0.494 e. The van der Waals surface area contributed by atoms with Crippen molar-refractivity contribution in [3.05, 3.63) is 70.8 Å². The SMILES string of the molecule is CCCOc1ccc(-c2nn(-c3ccccc3)cc2C=C2SC(N3CCOCC3)=NC2=O)c(C)c1. The molecular weight excluding hydrogens is 460 g/mol. The summed E-state index contributed by atoms with van der Waals surface area (Å²) in [6.07, 6.45) is 4.84. The Morgan fingerprint density at radius 2 is 1.94 bits per heavy atom. The average Bonchev–Trinajstić information content (AvgIpc) is 3.47. The number of thioether (sulfide) groups is 1. The molecule has 0 bridgehead atoms. The van der Waals surface area contributed by atoms with Gasteiger partial charge in [0.15, 0.2) is 5.17 Å². The molecule has 1 fully saturated rings. The number of amides is 1. The number of aromatic nitrogens is 2. The maximum atomic E-state index is 12.8. The highest BCUT2D eigenvalue weighted by atomic mass is 32.2. The van der Waals surface area contributed by atoms with Crippen LogP contribution in [0, 0.1) is 6.92 Å². The molecule has 0 spiro atoms. The van der Waals surface area contributed by atoms with Gasteiger partial charge < -0.3 is 14.4 Å². The van der Waals surface area contributed by atoms with Gasteiger partial charge in [-0.25, -0.2) is 4.68 Å². The molecule has 0 atom stereocenters. The zero-order valence-electron chi connectivity index (χ0n) is 19.9. The molecule has 35 heavy (non-hydrogen) atoms. The minimum Gasteiger partial charge on any atom is -0.494 e. The van der Waals surface area contributed by atoms with Crippen LogP contribution in [0.25, 0.3) is 23.0 Å². The number of carbonyl (C=O) groups is 1. The number of morpholine rings is 1. The predicted octanol–water partition coefficient (Wildman–Crippen LogP) is 4.94. The third-order valence-electron chi connectivity index (χ3n) is 5.87. The summed E-state index contributed by atoms with van der Waals surface area (Å²) in [6.45, 7) is 7.62. The summed E-state index contributed by atoms with van der Waals surface area (Å²) in [5.41, 5.74) is 4.70. The van der Waals surface area contributed by atoms with Crippen LogP contribution in [0.15, 0.2) is 64.6 Å². The highest BCUT2D eigenvalue weighted by molar-refractivity contribution is 8.18. The smallest absolute Gasteiger partial charge is 0.286 e. The van der Waals surface area contributed by atoms with Crippen molar-refractivity contribution in [1.29, 1.82) is 0 Å². The number of rotatable bonds is 6. The topological polar surface area (TPSA) is 68.9 Å². The van der Waals surface area contributed by atoms with E-state index in [1.54, 1.807) is 0 Å². The molecule has 1 amide bonds. The molecule has 1 saturated heterocycles. The van der Waals surface area contributed by atoms with Crippen LogP contribution in [0.4, 0.5) is 0 Å². The minimum atomic E-state index is -0.213. The van der Waals surface area contributed by atoms with Crippen LogP contribution in [0.1, 0.15) is 24.5 Å². The Kier molecular flexibility index (Phi) is 7.01. The van der Waals surface area contributed by atoms with Crippen LogP contribution in [0.3, 0.4) is 0 Å². The normalized spacial score (nSPS) is 17.2. The Bertz CT molecular complexity index is 1280. The Balaban J connectivity index is 1.51. The van der Waals surface area contributed by atoms with E-state index in [4.69, 9.17) is 14.6 Å². The third-order valence-corrected chi connectivity index (χ3v) is 6.91. The molecule has 1 aromatic heterocycles. The van der Waals surface area contributed by atoms with Gasteiger partial charge in [0.2, 0.25) is 0 Å². The standard InChI is InChI=1S/C27H28N4O3S/c1-3-13-34-22-9-10-23(19(2)16-22)25-20(18-31(29-25)21-7-5-4-6-8-21)17-24-26(32)28-27(35-24)30-11-14-33-15-12-30/h4-10,16-18H,3,11-15H2,1-2H3. The van der Waals surface area contributed by atoms with Gasteiger partial charge >= 0.3 is 0 Å². The van der Waals surface area contributed by atoms with E-state index >= 15 is 0 Å². The van der Waals surface area contributed by atoms with Crippen molar-refractivity contribution in [3.63, 3.8) is 0 Å². The Labute approximate surface area is 209 Å². The summed E-state index contributed by atoms with van der Waals surface area (Å²) in [5, 5.41) is 5.67. The lowest BCUT2D eigenvalue weighted by Crippen LogP contribution is -2.38. The van der Waals surface area contributed by atoms with Crippen LogP contribution < -0.4 is 4.74 Å². The molecule has 0 radical (unpaired) electrons. The second-order valence-corrected chi connectivity index (χ2v) is 9.46. The summed E-state index contributed by atoms with van der Waals surface area (Å²) in [4.78, 5) is 19.8. The Morgan fingerprint density at radius 1 is 1.14 bits per heavy atom. The van der Waals surface area contributed by atoms with Gasteiger partial charge in [-0.05, 0) is 67.1 Å². The van der Waals surface area contributed by atoms with Gasteiger partial charge in [-0.3, -0.25) is 4.79 Å². The van der Waals surface area contributed by atoms with Crippen molar-refractivity contribution >= 4 is 28.9 Å². The van der Waals surface area contributed by atoms with E-state index in [0.717, 1.165) is 58.5 Å². The first-order valence-corrected chi connectivity index (χ1v) is 12.7. The lowest BCUT2D eigenvalue weighted by atomic mass is 10.0. The van der Waals surface area contributed by atoms with Crippen molar-refractivity contribution in [2.75, 3.05) is 32.9 Å². The maximum Gasteiger partial charge on any atom is 0.286 e. The van der Waals surface area contributed by atoms with Crippen molar-refractivity contribution in [1.82, 2.24) is 14.7 Å². The molecular formula is C27H28N4O3S. The lowest BCUT2D eigenvalue weighted by molar-refractivity contribution is -0.113. The quantitative estimate of drug-likeness (QED) is 0.458. The first kappa shape index (κ1) is 23.4. The number of benzene rings is 2. The number of aryl methyl sites for hydroxylation is 1. The number of ether oxygens (including phenoxy) is 2. The molecule has 0 N–H and O–H groups in total. The highest BCUT2D eigenvalue weighted by Gasteiger charge is 2.28. The average molecular weight is 489 g/mol. The number of amidine groups is 1. The molecule has 0 aliphatic carbocycles. The fourth-order valence-corrected chi connectivity index (χ4v) is 5.01. The van der Waals surface area contributed by atoms with Crippen LogP contribution in [-0.4, -0.2) is 58.7 Å². The van der Waals surface area contributed by atoms with Gasteiger partial charge in [0, 0.05) is 30.4 Å². The van der Waals surface area contributed by atoms with Gasteiger partial charge in [0.25, 0.3) is 5.91 Å². The minimum absolute atomic E-state index is 0.213. The molecule has 2 aliphatic heterocycles. The van der Waals surface area contributed by atoms with E-state index in [1.165, 1.54) is 11.8 Å². The molecule has 2 aliphatic rings. The van der Waals surface area contributed by atoms with Crippen LogP contribution >= 0.6 is 11.8 Å². The molecule has 5 rings (SSSR count). The maximum absolute atomic E-state index is 12.8. The zero-order chi connectivity index (χ0) is 24.2. The molecule has 8 heteroatoms. The number of aliphatic imine (C=N–C) groups is 1. The molecule has 180 valence electrons. The van der Waals surface area contributed by atoms with Gasteiger partial charge in [-0.2, -0.15) is 10.1 Å². The van der Waals surface area contributed by atoms with E-state index in [9.17, 15) is 4.79 Å². The molecule has 7 nitrogen and oxygen atoms in total. The van der Waals surface area contributed by atoms with Crippen LogP contribution in [0.5, 0.6) is 5.75 Å². The predicted molar refractivity (Wildman–Crippen MR) is 140 cm³/mol. The number of hydrogen-bond acceptors (Lipinski definition) is 6. The Morgan fingerprint density at radius 3 is 2.69 bits per heavy atom. The first-order valence-electron chi connectivity index (χ1n) is 11.9. The second kappa shape index (κ2) is 10.5. The van der Waals surface area contributed by atoms with Gasteiger partial charge in [-0.15, -0.1) is 0 Å². The van der Waals surface area contributed by atoms with Gasteiger partial charge in [0.05, 0.1) is 30.4 Å². The fourth-order valence-electron chi connectivity index (χ4n) is 4.06. The van der Waals surface area contributed by atoms with Crippen molar-refractivity contribution in [2.45, 2.75) is 20.3 Å². The van der Waals surface area contributed by atoms with E-state index in [1.807, 2.05) is 65.5 Å². The molecule has 3 aromatic rings. The summed E-state index contributed by atoms with van der Waals surface area (Å²) in [7, 11) is 0. The van der Waals surface area contributed by atoms with Crippen LogP contribution in [-0.2, 0) is 9.53 Å². The zero-order valence-corrected chi connectivity index (χ0v) is 20.8. The summed E-state index contributed by atoms with van der Waals surface area (Å²) >= 11 is 1.42. The van der Waals surface area contributed by atoms with E-state index < -0.39 is 0 Å². The molecule has 2 aromatic carbocycles. The van der Waals surface area contributed by atoms with E-state index in [0.29, 0.717) is 24.7 Å². The van der Waals surface area contributed by atoms with Crippen molar-refractivity contribution in [2.24, 2.45) is 4.99 Å². The first-order chi connectivity index (χ1) is 17.1. The van der Waals surface area contributed by atoms with E-state index in [-0.39, 0.29) is 5.91 Å². The molecule has 0 unspecified atom stereocenters. The number of para-hydroxylation sites is 1. The van der Waals surface area contributed by atoms with Crippen molar-refractivity contribution in [3.8, 4) is 22.7 Å². The fraction of sp³-hybridized carbons (Fsp3) is 0.296. The van der Waals surface area contributed by atoms with Crippen molar-refractivity contribution < 1.29 is 14.3 Å². The number of hydrogen-bond donors (Lipinski definition) is 0. The summed E-state index contributed by atoms with van der Waals surface area (Å²) in [6, 6.07) is 16.0. The molecule has 0 saturated carbocycles. The van der Waals surface area contributed by atoms with Gasteiger partial charge in [0.1, 0.15) is 11.4 Å². The Hall–Kier alpha value is -3.36. The lowest BCUT2D eigenvalue weighted by Gasteiger charge is -2.27.